The van der Waals surface area contributed by atoms with Crippen molar-refractivity contribution in [1.29, 1.82) is 0 Å². The number of hydrogen-bond acceptors (Lipinski definition) is 4. The van der Waals surface area contributed by atoms with Crippen molar-refractivity contribution in [3.8, 4) is 0 Å². The predicted octanol–water partition coefficient (Wildman–Crippen LogP) is 5.85. The molecular formula is C26H36O4. The van der Waals surface area contributed by atoms with E-state index in [1.165, 1.54) is 5.56 Å². The Balaban J connectivity index is 1.84. The maximum absolute atomic E-state index is 13.5. The van der Waals surface area contributed by atoms with Gasteiger partial charge in [0.15, 0.2) is 5.78 Å². The van der Waals surface area contributed by atoms with Crippen molar-refractivity contribution in [2.24, 2.45) is 11.8 Å². The van der Waals surface area contributed by atoms with Crippen molar-refractivity contribution in [3.63, 3.8) is 0 Å². The number of esters is 1. The van der Waals surface area contributed by atoms with Crippen LogP contribution in [0.2, 0.25) is 0 Å². The number of hydrogen-bond donors (Lipinski definition) is 0. The Morgan fingerprint density at radius 3 is 2.50 bits per heavy atom. The first-order valence-electron chi connectivity index (χ1n) is 11.5. The van der Waals surface area contributed by atoms with E-state index >= 15 is 0 Å². The maximum Gasteiger partial charge on any atom is 0.310 e. The van der Waals surface area contributed by atoms with Gasteiger partial charge in [-0.2, -0.15) is 0 Å². The first kappa shape index (κ1) is 22.7. The molecule has 30 heavy (non-hydrogen) atoms. The molecule has 1 saturated heterocycles. The Bertz CT molecular complexity index is 791. The van der Waals surface area contributed by atoms with Gasteiger partial charge in [-0.3, -0.25) is 9.59 Å². The van der Waals surface area contributed by atoms with Gasteiger partial charge in [0, 0.05) is 32.0 Å². The molecule has 1 aromatic carbocycles. The largest absolute Gasteiger partial charge is 0.430 e. The molecular weight excluding hydrogens is 376 g/mol. The molecule has 0 spiro atoms. The number of unbranched alkanes of at least 4 members (excludes halogenated alkanes) is 3. The van der Waals surface area contributed by atoms with Crippen molar-refractivity contribution >= 4 is 17.3 Å². The molecule has 2 aliphatic rings. The van der Waals surface area contributed by atoms with Gasteiger partial charge >= 0.3 is 5.97 Å². The van der Waals surface area contributed by atoms with Crippen LogP contribution in [0.4, 0.5) is 0 Å². The minimum absolute atomic E-state index is 0.116. The molecule has 2 atom stereocenters. The molecule has 2 unspecified atom stereocenters. The van der Waals surface area contributed by atoms with Crippen molar-refractivity contribution in [2.75, 3.05) is 13.2 Å². The number of ether oxygens (including phenoxy) is 2. The highest BCUT2D eigenvalue weighted by molar-refractivity contribution is 6.25. The Morgan fingerprint density at radius 2 is 1.87 bits per heavy atom. The molecule has 1 fully saturated rings. The van der Waals surface area contributed by atoms with Crippen LogP contribution in [-0.2, 0) is 19.1 Å². The Hall–Kier alpha value is -1.94. The second-order valence-corrected chi connectivity index (χ2v) is 9.09. The van der Waals surface area contributed by atoms with Gasteiger partial charge in [0.05, 0.1) is 5.57 Å². The summed E-state index contributed by atoms with van der Waals surface area (Å²) in [5.74, 6) is 0.808. The van der Waals surface area contributed by atoms with E-state index < -0.39 is 0 Å². The first-order chi connectivity index (χ1) is 14.4. The lowest BCUT2D eigenvalue weighted by molar-refractivity contribution is -0.139. The standard InChI is InChI=1S/C26H36O4/c1-5-6-7-8-9-23(27)30-22-15-21(14-20-10-11-29-16-20)26(28)25(22)24-18(3)12-17(2)13-19(24)4/h12-13,20-21H,5-11,14-16H2,1-4H3. The van der Waals surface area contributed by atoms with Crippen molar-refractivity contribution in [1.82, 2.24) is 0 Å². The first-order valence-corrected chi connectivity index (χ1v) is 11.5. The fourth-order valence-corrected chi connectivity index (χ4v) is 4.94. The van der Waals surface area contributed by atoms with E-state index in [1.807, 2.05) is 13.8 Å². The summed E-state index contributed by atoms with van der Waals surface area (Å²) in [6, 6.07) is 4.20. The molecule has 4 nitrogen and oxygen atoms in total. The van der Waals surface area contributed by atoms with Gasteiger partial charge in [0.1, 0.15) is 5.76 Å². The normalized spacial score (nSPS) is 21.5. The summed E-state index contributed by atoms with van der Waals surface area (Å²) in [5.41, 5.74) is 4.89. The summed E-state index contributed by atoms with van der Waals surface area (Å²) in [6.45, 7) is 9.81. The number of rotatable bonds is 9. The zero-order valence-electron chi connectivity index (χ0n) is 19.0. The van der Waals surface area contributed by atoms with Crippen LogP contribution in [0, 0.1) is 32.6 Å². The van der Waals surface area contributed by atoms with Crippen molar-refractivity contribution < 1.29 is 19.1 Å². The Morgan fingerprint density at radius 1 is 1.13 bits per heavy atom. The summed E-state index contributed by atoms with van der Waals surface area (Å²) in [5, 5.41) is 0. The summed E-state index contributed by atoms with van der Waals surface area (Å²) >= 11 is 0. The maximum atomic E-state index is 13.5. The average molecular weight is 413 g/mol. The van der Waals surface area contributed by atoms with E-state index in [0.29, 0.717) is 30.1 Å². The highest BCUT2D eigenvalue weighted by Crippen LogP contribution is 2.42. The molecule has 4 heteroatoms. The van der Waals surface area contributed by atoms with Crippen LogP contribution < -0.4 is 0 Å². The zero-order valence-corrected chi connectivity index (χ0v) is 19.0. The number of aryl methyl sites for hydroxylation is 3. The van der Waals surface area contributed by atoms with E-state index in [-0.39, 0.29) is 17.7 Å². The molecule has 1 heterocycles. The fourth-order valence-electron chi connectivity index (χ4n) is 4.94. The zero-order chi connectivity index (χ0) is 21.7. The number of allylic oxidation sites excluding steroid dienone is 2. The second kappa shape index (κ2) is 10.4. The van der Waals surface area contributed by atoms with Crippen LogP contribution in [0.25, 0.3) is 5.57 Å². The van der Waals surface area contributed by atoms with E-state index in [0.717, 1.165) is 68.4 Å². The van der Waals surface area contributed by atoms with Gasteiger partial charge in [0.25, 0.3) is 0 Å². The molecule has 164 valence electrons. The van der Waals surface area contributed by atoms with E-state index in [4.69, 9.17) is 9.47 Å². The Labute approximate surface area is 181 Å². The number of carbonyl (C=O) groups excluding carboxylic acids is 2. The average Bonchev–Trinajstić information content (AvgIpc) is 3.29. The van der Waals surface area contributed by atoms with Crippen LogP contribution in [0.5, 0.6) is 0 Å². The van der Waals surface area contributed by atoms with Crippen molar-refractivity contribution in [3.05, 3.63) is 40.1 Å². The van der Waals surface area contributed by atoms with Crippen LogP contribution >= 0.6 is 0 Å². The second-order valence-electron chi connectivity index (χ2n) is 9.09. The van der Waals surface area contributed by atoms with E-state index in [9.17, 15) is 9.59 Å². The van der Waals surface area contributed by atoms with Gasteiger partial charge in [-0.15, -0.1) is 0 Å². The van der Waals surface area contributed by atoms with Gasteiger partial charge in [0.2, 0.25) is 0 Å². The summed E-state index contributed by atoms with van der Waals surface area (Å²) in [7, 11) is 0. The van der Waals surface area contributed by atoms with E-state index in [1.54, 1.807) is 0 Å². The summed E-state index contributed by atoms with van der Waals surface area (Å²) in [4.78, 5) is 26.0. The van der Waals surface area contributed by atoms with Crippen LogP contribution in [-0.4, -0.2) is 25.0 Å². The molecule has 1 aliphatic heterocycles. The van der Waals surface area contributed by atoms with Gasteiger partial charge < -0.3 is 9.47 Å². The molecule has 0 N–H and O–H groups in total. The SMILES string of the molecule is CCCCCCC(=O)OC1=C(c2c(C)cc(C)cc2C)C(=O)C(CC2CCOC2)C1. The van der Waals surface area contributed by atoms with Crippen LogP contribution in [0.1, 0.15) is 80.5 Å². The minimum Gasteiger partial charge on any atom is -0.430 e. The third-order valence-electron chi connectivity index (χ3n) is 6.37. The molecule has 3 rings (SSSR count). The van der Waals surface area contributed by atoms with Crippen LogP contribution in [0.15, 0.2) is 17.9 Å². The lowest BCUT2D eigenvalue weighted by Crippen LogP contribution is -2.15. The third-order valence-corrected chi connectivity index (χ3v) is 6.37. The third kappa shape index (κ3) is 5.40. The Kier molecular flexibility index (Phi) is 7.87. The smallest absolute Gasteiger partial charge is 0.310 e. The molecule has 0 amide bonds. The predicted molar refractivity (Wildman–Crippen MR) is 119 cm³/mol. The highest BCUT2D eigenvalue weighted by atomic mass is 16.5. The number of ketones is 1. The van der Waals surface area contributed by atoms with E-state index in [2.05, 4.69) is 26.0 Å². The van der Waals surface area contributed by atoms with Gasteiger partial charge in [-0.05, 0) is 62.6 Å². The minimum atomic E-state index is -0.210. The lowest BCUT2D eigenvalue weighted by atomic mass is 9.87. The summed E-state index contributed by atoms with van der Waals surface area (Å²) in [6.07, 6.45) is 6.91. The van der Waals surface area contributed by atoms with Crippen LogP contribution in [0.3, 0.4) is 0 Å². The highest BCUT2D eigenvalue weighted by Gasteiger charge is 2.38. The topological polar surface area (TPSA) is 52.6 Å². The molecule has 0 bridgehead atoms. The number of benzene rings is 1. The molecule has 1 aliphatic carbocycles. The summed E-state index contributed by atoms with van der Waals surface area (Å²) < 4.78 is 11.4. The monoisotopic (exact) mass is 412 g/mol. The lowest BCUT2D eigenvalue weighted by Gasteiger charge is -2.15. The molecule has 0 radical (unpaired) electrons. The van der Waals surface area contributed by atoms with Crippen molar-refractivity contribution in [2.45, 2.75) is 79.1 Å². The van der Waals surface area contributed by atoms with Gasteiger partial charge in [-0.25, -0.2) is 0 Å². The quantitative estimate of drug-likeness (QED) is 0.377. The molecule has 0 aromatic heterocycles. The molecule has 0 saturated carbocycles. The number of Topliss-reactive ketones (excluding diaryl/α,β-unsaturated/α-hetero) is 1. The molecule has 1 aromatic rings. The van der Waals surface area contributed by atoms with Gasteiger partial charge in [-0.1, -0.05) is 43.9 Å². The fraction of sp³-hybridized carbons (Fsp3) is 0.615. The number of carbonyl (C=O) groups is 2.